The molecular formula is C13H20BrN3O. The number of nitrogens with zero attached hydrogens (tertiary/aromatic N) is 2. The fourth-order valence-corrected chi connectivity index (χ4v) is 3.21. The van der Waals surface area contributed by atoms with Crippen LogP contribution in [0.15, 0.2) is 10.7 Å². The molecule has 2 rings (SSSR count). The molecule has 2 heterocycles. The molecule has 0 bridgehead atoms. The first-order valence-electron chi connectivity index (χ1n) is 6.51. The van der Waals surface area contributed by atoms with E-state index in [1.165, 1.54) is 12.8 Å². The molecule has 0 aliphatic carbocycles. The Labute approximate surface area is 116 Å². The SMILES string of the molecule is CC(CC(=O)c1c(Br)cnn1C)C1CCCNC1. The second-order valence-electron chi connectivity index (χ2n) is 5.18. The van der Waals surface area contributed by atoms with E-state index < -0.39 is 0 Å². The van der Waals surface area contributed by atoms with Crippen molar-refractivity contribution < 1.29 is 4.79 Å². The fourth-order valence-electron chi connectivity index (χ4n) is 2.64. The molecule has 0 aromatic carbocycles. The Balaban J connectivity index is 1.98. The van der Waals surface area contributed by atoms with Gasteiger partial charge in [0.1, 0.15) is 5.69 Å². The first kappa shape index (κ1) is 13.7. The van der Waals surface area contributed by atoms with Crippen molar-refractivity contribution in [3.63, 3.8) is 0 Å². The van der Waals surface area contributed by atoms with Gasteiger partial charge >= 0.3 is 0 Å². The average molecular weight is 314 g/mol. The Hall–Kier alpha value is -0.680. The van der Waals surface area contributed by atoms with E-state index in [-0.39, 0.29) is 5.78 Å². The van der Waals surface area contributed by atoms with Crippen LogP contribution in [0, 0.1) is 11.8 Å². The number of halogens is 1. The van der Waals surface area contributed by atoms with Crippen LogP contribution in [0.3, 0.4) is 0 Å². The zero-order valence-electron chi connectivity index (χ0n) is 10.9. The number of Topliss-reactive ketones (excluding diaryl/α,β-unsaturated/α-hetero) is 1. The molecule has 0 saturated carbocycles. The molecule has 2 atom stereocenters. The number of piperidine rings is 1. The highest BCUT2D eigenvalue weighted by molar-refractivity contribution is 9.10. The maximum Gasteiger partial charge on any atom is 0.182 e. The highest BCUT2D eigenvalue weighted by atomic mass is 79.9. The Morgan fingerprint density at radius 3 is 3.06 bits per heavy atom. The molecule has 1 N–H and O–H groups in total. The average Bonchev–Trinajstić information content (AvgIpc) is 2.70. The van der Waals surface area contributed by atoms with Crippen molar-refractivity contribution in [1.82, 2.24) is 15.1 Å². The summed E-state index contributed by atoms with van der Waals surface area (Å²) in [4.78, 5) is 12.3. The third-order valence-electron chi connectivity index (χ3n) is 3.81. The lowest BCUT2D eigenvalue weighted by molar-refractivity contribution is 0.0933. The zero-order chi connectivity index (χ0) is 13.1. The molecule has 1 fully saturated rings. The van der Waals surface area contributed by atoms with Gasteiger partial charge in [-0.2, -0.15) is 5.10 Å². The van der Waals surface area contributed by atoms with Crippen LogP contribution in [0.5, 0.6) is 0 Å². The molecule has 1 aromatic rings. The van der Waals surface area contributed by atoms with Gasteiger partial charge in [0.25, 0.3) is 0 Å². The Kier molecular flexibility index (Phi) is 4.56. The number of rotatable bonds is 4. The Morgan fingerprint density at radius 1 is 1.72 bits per heavy atom. The minimum Gasteiger partial charge on any atom is -0.316 e. The minimum absolute atomic E-state index is 0.181. The standard InChI is InChI=1S/C13H20BrN3O/c1-9(10-4-3-5-15-7-10)6-12(18)13-11(14)8-16-17(13)2/h8-10,15H,3-7H2,1-2H3. The first-order valence-corrected chi connectivity index (χ1v) is 7.30. The number of carbonyl (C=O) groups excluding carboxylic acids is 1. The quantitative estimate of drug-likeness (QED) is 0.868. The molecular weight excluding hydrogens is 294 g/mol. The summed E-state index contributed by atoms with van der Waals surface area (Å²) in [6.07, 6.45) is 4.73. The summed E-state index contributed by atoms with van der Waals surface area (Å²) >= 11 is 3.39. The number of hydrogen-bond donors (Lipinski definition) is 1. The van der Waals surface area contributed by atoms with Gasteiger partial charge in [0, 0.05) is 13.5 Å². The second kappa shape index (κ2) is 5.97. The van der Waals surface area contributed by atoms with Gasteiger partial charge in [0.15, 0.2) is 5.78 Å². The topological polar surface area (TPSA) is 46.9 Å². The van der Waals surface area contributed by atoms with E-state index in [9.17, 15) is 4.79 Å². The molecule has 100 valence electrons. The van der Waals surface area contributed by atoms with E-state index >= 15 is 0 Å². The van der Waals surface area contributed by atoms with Gasteiger partial charge in [-0.15, -0.1) is 0 Å². The molecule has 18 heavy (non-hydrogen) atoms. The Morgan fingerprint density at radius 2 is 2.50 bits per heavy atom. The molecule has 0 spiro atoms. The fraction of sp³-hybridized carbons (Fsp3) is 0.692. The van der Waals surface area contributed by atoms with Crippen LogP contribution in [0.25, 0.3) is 0 Å². The molecule has 2 unspecified atom stereocenters. The lowest BCUT2D eigenvalue weighted by atomic mass is 9.84. The van der Waals surface area contributed by atoms with E-state index in [0.29, 0.717) is 24.0 Å². The summed E-state index contributed by atoms with van der Waals surface area (Å²) in [5, 5.41) is 7.50. The summed E-state index contributed by atoms with van der Waals surface area (Å²) in [5.74, 6) is 1.22. The highest BCUT2D eigenvalue weighted by Crippen LogP contribution is 2.25. The predicted molar refractivity (Wildman–Crippen MR) is 74.6 cm³/mol. The summed E-state index contributed by atoms with van der Waals surface area (Å²) in [5.41, 5.74) is 0.686. The van der Waals surface area contributed by atoms with Crippen molar-refractivity contribution in [1.29, 1.82) is 0 Å². The van der Waals surface area contributed by atoms with Gasteiger partial charge in [0.05, 0.1) is 10.7 Å². The molecule has 1 aromatic heterocycles. The van der Waals surface area contributed by atoms with Crippen molar-refractivity contribution in [2.24, 2.45) is 18.9 Å². The summed E-state index contributed by atoms with van der Waals surface area (Å²) < 4.78 is 2.45. The number of carbonyl (C=O) groups is 1. The van der Waals surface area contributed by atoms with E-state index in [0.717, 1.165) is 17.6 Å². The molecule has 0 amide bonds. The number of ketones is 1. The Bertz CT molecular complexity index is 404. The molecule has 1 aliphatic heterocycles. The number of nitrogens with one attached hydrogen (secondary N) is 1. The molecule has 4 nitrogen and oxygen atoms in total. The van der Waals surface area contributed by atoms with Gasteiger partial charge in [0.2, 0.25) is 0 Å². The van der Waals surface area contributed by atoms with Crippen LogP contribution in [0.2, 0.25) is 0 Å². The monoisotopic (exact) mass is 313 g/mol. The van der Waals surface area contributed by atoms with Gasteiger partial charge in [-0.3, -0.25) is 9.48 Å². The van der Waals surface area contributed by atoms with Crippen molar-refractivity contribution in [2.75, 3.05) is 13.1 Å². The van der Waals surface area contributed by atoms with Gasteiger partial charge in [-0.05, 0) is 53.7 Å². The molecule has 0 radical (unpaired) electrons. The molecule has 5 heteroatoms. The zero-order valence-corrected chi connectivity index (χ0v) is 12.5. The maximum atomic E-state index is 12.3. The predicted octanol–water partition coefficient (Wildman–Crippen LogP) is 2.39. The number of aromatic nitrogens is 2. The van der Waals surface area contributed by atoms with Crippen LogP contribution in [-0.4, -0.2) is 28.7 Å². The molecule has 1 aliphatic rings. The normalized spacial score (nSPS) is 21.8. The van der Waals surface area contributed by atoms with Crippen LogP contribution >= 0.6 is 15.9 Å². The largest absolute Gasteiger partial charge is 0.316 e. The highest BCUT2D eigenvalue weighted by Gasteiger charge is 2.24. The van der Waals surface area contributed by atoms with Crippen molar-refractivity contribution in [3.8, 4) is 0 Å². The molecule has 1 saturated heterocycles. The van der Waals surface area contributed by atoms with Crippen LogP contribution < -0.4 is 5.32 Å². The second-order valence-corrected chi connectivity index (χ2v) is 6.03. The lowest BCUT2D eigenvalue weighted by Crippen LogP contribution is -2.34. The van der Waals surface area contributed by atoms with Crippen LogP contribution in [-0.2, 0) is 7.05 Å². The maximum absolute atomic E-state index is 12.3. The van der Waals surface area contributed by atoms with E-state index in [1.54, 1.807) is 10.9 Å². The first-order chi connectivity index (χ1) is 8.59. The van der Waals surface area contributed by atoms with Gasteiger partial charge < -0.3 is 5.32 Å². The van der Waals surface area contributed by atoms with E-state index in [1.807, 2.05) is 7.05 Å². The smallest absolute Gasteiger partial charge is 0.182 e. The van der Waals surface area contributed by atoms with Gasteiger partial charge in [-0.1, -0.05) is 6.92 Å². The lowest BCUT2D eigenvalue weighted by Gasteiger charge is -2.28. The number of hydrogen-bond acceptors (Lipinski definition) is 3. The summed E-state index contributed by atoms with van der Waals surface area (Å²) in [6.45, 7) is 4.34. The van der Waals surface area contributed by atoms with Crippen molar-refractivity contribution in [3.05, 3.63) is 16.4 Å². The third-order valence-corrected chi connectivity index (χ3v) is 4.39. The third kappa shape index (κ3) is 3.01. The van der Waals surface area contributed by atoms with Gasteiger partial charge in [-0.25, -0.2) is 0 Å². The van der Waals surface area contributed by atoms with Crippen LogP contribution in [0.1, 0.15) is 36.7 Å². The summed E-state index contributed by atoms with van der Waals surface area (Å²) in [6, 6.07) is 0. The van der Waals surface area contributed by atoms with E-state index in [2.05, 4.69) is 33.3 Å². The van der Waals surface area contributed by atoms with E-state index in [4.69, 9.17) is 0 Å². The number of aryl methyl sites for hydroxylation is 1. The summed E-state index contributed by atoms with van der Waals surface area (Å²) in [7, 11) is 1.81. The van der Waals surface area contributed by atoms with Crippen molar-refractivity contribution >= 4 is 21.7 Å². The van der Waals surface area contributed by atoms with Crippen molar-refractivity contribution in [2.45, 2.75) is 26.2 Å². The minimum atomic E-state index is 0.181. The van der Waals surface area contributed by atoms with Crippen LogP contribution in [0.4, 0.5) is 0 Å².